The van der Waals surface area contributed by atoms with Gasteiger partial charge in [0.25, 0.3) is 11.5 Å². The van der Waals surface area contributed by atoms with Crippen molar-refractivity contribution in [3.8, 4) is 6.07 Å². The summed E-state index contributed by atoms with van der Waals surface area (Å²) < 4.78 is 56.4. The molecule has 3 amide bonds. The zero-order valence-electron chi connectivity index (χ0n) is 19.1. The molecule has 0 spiro atoms. The zero-order chi connectivity index (χ0) is 27.2. The molecule has 0 saturated heterocycles. The molecule has 194 valence electrons. The van der Waals surface area contributed by atoms with Crippen molar-refractivity contribution in [3.05, 3.63) is 68.4 Å². The largest absolute Gasteiger partial charge is 0.435 e. The lowest BCUT2D eigenvalue weighted by molar-refractivity contribution is -0.275. The number of alkyl halides is 3. The molecule has 1 unspecified atom stereocenters. The Kier molecular flexibility index (Phi) is 6.86. The van der Waals surface area contributed by atoms with Gasteiger partial charge in [0, 0.05) is 24.1 Å². The molecule has 1 aliphatic heterocycles. The smallest absolute Gasteiger partial charge is 0.374 e. The van der Waals surface area contributed by atoms with Gasteiger partial charge in [-0.1, -0.05) is 34.4 Å². The summed E-state index contributed by atoms with van der Waals surface area (Å²) in [7, 11) is 0. The Morgan fingerprint density at radius 3 is 2.38 bits per heavy atom. The minimum atomic E-state index is -4.96. The molecule has 0 aromatic heterocycles. The molecular weight excluding hydrogens is 539 g/mol. The minimum Gasteiger partial charge on any atom is -0.374 e. The number of halogens is 6. The number of nitrogens with one attached hydrogen (secondary N) is 2. The standard InChI is InChI=1S/C24H18Cl2F4N4O3/c1-12-6-13(2-3-15(12)20(35)33-21(36)32-11-22(10-31)4-5-22)18-9-23(37-34-18,24(28,29)30)14-7-16(25)19(27)17(26)8-14/h2-3,6-8H,4-5,9,11H2,1H3,(H2,32,33,35,36). The van der Waals surface area contributed by atoms with Crippen molar-refractivity contribution in [2.45, 2.75) is 38.0 Å². The molecule has 2 aromatic carbocycles. The van der Waals surface area contributed by atoms with Crippen LogP contribution in [0.5, 0.6) is 0 Å². The third kappa shape index (κ3) is 5.08. The molecule has 1 saturated carbocycles. The van der Waals surface area contributed by atoms with Crippen LogP contribution in [0.15, 0.2) is 35.5 Å². The number of hydrogen-bond donors (Lipinski definition) is 2. The van der Waals surface area contributed by atoms with Crippen molar-refractivity contribution in [3.63, 3.8) is 0 Å². The molecule has 1 fully saturated rings. The van der Waals surface area contributed by atoms with Crippen LogP contribution in [0.1, 0.15) is 46.3 Å². The molecule has 1 aliphatic carbocycles. The summed E-state index contributed by atoms with van der Waals surface area (Å²) in [5, 5.41) is 16.1. The van der Waals surface area contributed by atoms with Crippen molar-refractivity contribution in [1.29, 1.82) is 5.26 Å². The Morgan fingerprint density at radius 1 is 1.19 bits per heavy atom. The SMILES string of the molecule is Cc1cc(C2=NOC(c3cc(Cl)c(F)c(Cl)c3)(C(F)(F)F)C2)ccc1C(=O)NC(=O)NCC1(C#N)CC1. The van der Waals surface area contributed by atoms with Crippen molar-refractivity contribution >= 4 is 40.9 Å². The zero-order valence-corrected chi connectivity index (χ0v) is 20.6. The predicted octanol–water partition coefficient (Wildman–Crippen LogP) is 5.77. The third-order valence-corrected chi connectivity index (χ3v) is 6.90. The topological polar surface area (TPSA) is 104 Å². The van der Waals surface area contributed by atoms with Gasteiger partial charge in [-0.05, 0) is 55.2 Å². The summed E-state index contributed by atoms with van der Waals surface area (Å²) in [4.78, 5) is 29.5. The fraction of sp³-hybridized carbons (Fsp3) is 0.333. The number of nitrogens with zero attached hydrogens (tertiary/aromatic N) is 2. The maximum Gasteiger partial charge on any atom is 0.435 e. The molecule has 2 aliphatic rings. The van der Waals surface area contributed by atoms with E-state index in [9.17, 15) is 27.2 Å². The van der Waals surface area contributed by atoms with Crippen LogP contribution in [-0.2, 0) is 10.4 Å². The monoisotopic (exact) mass is 556 g/mol. The number of hydrogen-bond acceptors (Lipinski definition) is 5. The van der Waals surface area contributed by atoms with Crippen LogP contribution in [0, 0.1) is 29.5 Å². The third-order valence-electron chi connectivity index (χ3n) is 6.35. The first-order valence-corrected chi connectivity index (χ1v) is 11.6. The van der Waals surface area contributed by atoms with Crippen LogP contribution >= 0.6 is 23.2 Å². The molecule has 13 heteroatoms. The molecule has 37 heavy (non-hydrogen) atoms. The lowest BCUT2D eigenvalue weighted by Gasteiger charge is -2.29. The Morgan fingerprint density at radius 2 is 1.84 bits per heavy atom. The van der Waals surface area contributed by atoms with Crippen LogP contribution in [0.25, 0.3) is 0 Å². The van der Waals surface area contributed by atoms with Gasteiger partial charge in [-0.3, -0.25) is 10.1 Å². The van der Waals surface area contributed by atoms with Gasteiger partial charge in [0.05, 0.1) is 27.2 Å². The molecule has 1 heterocycles. The number of aryl methyl sites for hydroxylation is 1. The highest BCUT2D eigenvalue weighted by Crippen LogP contribution is 2.50. The maximum absolute atomic E-state index is 14.2. The molecule has 0 radical (unpaired) electrons. The highest BCUT2D eigenvalue weighted by Gasteiger charge is 2.62. The lowest BCUT2D eigenvalue weighted by Crippen LogP contribution is -2.42. The number of oxime groups is 1. The van der Waals surface area contributed by atoms with E-state index in [1.165, 1.54) is 25.1 Å². The number of imide groups is 1. The molecule has 4 rings (SSSR count). The number of nitriles is 1. The first-order chi connectivity index (χ1) is 17.3. The van der Waals surface area contributed by atoms with Gasteiger partial charge >= 0.3 is 12.2 Å². The molecule has 7 nitrogen and oxygen atoms in total. The van der Waals surface area contributed by atoms with E-state index in [2.05, 4.69) is 21.9 Å². The van der Waals surface area contributed by atoms with E-state index in [1.54, 1.807) is 0 Å². The number of urea groups is 1. The average Bonchev–Trinajstić information content (AvgIpc) is 3.47. The van der Waals surface area contributed by atoms with Gasteiger partial charge in [0.15, 0.2) is 5.82 Å². The maximum atomic E-state index is 14.2. The second-order valence-electron chi connectivity index (χ2n) is 8.94. The molecule has 1 atom stereocenters. The van der Waals surface area contributed by atoms with Crippen molar-refractivity contribution in [1.82, 2.24) is 10.6 Å². The van der Waals surface area contributed by atoms with Gasteiger partial charge in [-0.15, -0.1) is 0 Å². The van der Waals surface area contributed by atoms with Crippen molar-refractivity contribution in [2.75, 3.05) is 6.54 Å². The second-order valence-corrected chi connectivity index (χ2v) is 9.76. The number of amides is 3. The Labute approximate surface area is 218 Å². The van der Waals surface area contributed by atoms with Crippen LogP contribution in [0.3, 0.4) is 0 Å². The summed E-state index contributed by atoms with van der Waals surface area (Å²) in [6.45, 7) is 1.66. The van der Waals surface area contributed by atoms with E-state index < -0.39 is 57.0 Å². The quantitative estimate of drug-likeness (QED) is 0.360. The Hall–Kier alpha value is -3.36. The van der Waals surface area contributed by atoms with E-state index in [4.69, 9.17) is 33.3 Å². The minimum absolute atomic E-state index is 0.0760. The van der Waals surface area contributed by atoms with Gasteiger partial charge in [-0.25, -0.2) is 9.18 Å². The summed E-state index contributed by atoms with van der Waals surface area (Å²) in [6.07, 6.45) is -4.39. The van der Waals surface area contributed by atoms with Crippen LogP contribution < -0.4 is 10.6 Å². The second kappa shape index (κ2) is 9.50. The van der Waals surface area contributed by atoms with Gasteiger partial charge in [-0.2, -0.15) is 18.4 Å². The first kappa shape index (κ1) is 26.7. The first-order valence-electron chi connectivity index (χ1n) is 10.9. The van der Waals surface area contributed by atoms with E-state index >= 15 is 0 Å². The molecular formula is C24H18Cl2F4N4O3. The van der Waals surface area contributed by atoms with Crippen molar-refractivity contribution < 1.29 is 32.0 Å². The van der Waals surface area contributed by atoms with Gasteiger partial charge in [0.1, 0.15) is 0 Å². The molecule has 0 bridgehead atoms. The van der Waals surface area contributed by atoms with E-state index in [0.717, 1.165) is 12.1 Å². The van der Waals surface area contributed by atoms with Crippen LogP contribution in [0.2, 0.25) is 10.0 Å². The predicted molar refractivity (Wildman–Crippen MR) is 126 cm³/mol. The number of carbonyl (C=O) groups excluding carboxylic acids is 2. The number of carbonyl (C=O) groups is 2. The van der Waals surface area contributed by atoms with E-state index in [1.807, 2.05) is 0 Å². The highest BCUT2D eigenvalue weighted by molar-refractivity contribution is 6.35. The molecule has 2 N–H and O–H groups in total. The van der Waals surface area contributed by atoms with Crippen molar-refractivity contribution in [2.24, 2.45) is 10.6 Å². The highest BCUT2D eigenvalue weighted by atomic mass is 35.5. The Bertz CT molecular complexity index is 1350. The fourth-order valence-electron chi connectivity index (χ4n) is 3.89. The van der Waals surface area contributed by atoms with E-state index in [-0.39, 0.29) is 23.4 Å². The lowest BCUT2D eigenvalue weighted by atomic mass is 9.86. The van der Waals surface area contributed by atoms with E-state index in [0.29, 0.717) is 18.4 Å². The fourth-order valence-corrected chi connectivity index (χ4v) is 4.38. The molecule has 2 aromatic rings. The van der Waals surface area contributed by atoms with Gasteiger partial charge in [0.2, 0.25) is 0 Å². The van der Waals surface area contributed by atoms with Gasteiger partial charge < -0.3 is 10.2 Å². The number of benzene rings is 2. The number of rotatable bonds is 5. The average molecular weight is 557 g/mol. The summed E-state index contributed by atoms with van der Waals surface area (Å²) in [5.74, 6) is -1.79. The van der Waals surface area contributed by atoms with Crippen LogP contribution in [0.4, 0.5) is 22.4 Å². The summed E-state index contributed by atoms with van der Waals surface area (Å²) in [6, 6.07) is 7.07. The normalized spacial score (nSPS) is 19.9. The summed E-state index contributed by atoms with van der Waals surface area (Å²) in [5.41, 5.74) is -3.41. The summed E-state index contributed by atoms with van der Waals surface area (Å²) >= 11 is 11.4. The Balaban J connectivity index is 1.51. The van der Waals surface area contributed by atoms with Crippen LogP contribution in [-0.4, -0.2) is 30.4 Å².